The molecule has 5 atom stereocenters. The highest BCUT2D eigenvalue weighted by molar-refractivity contribution is 14.2. The molecule has 3 heteroatoms. The van der Waals surface area contributed by atoms with Crippen LogP contribution in [-0.2, 0) is 0 Å². The molecule has 0 bridgehead atoms. The quantitative estimate of drug-likeness (QED) is 0.582. The van der Waals surface area contributed by atoms with Crippen molar-refractivity contribution in [3.8, 4) is 0 Å². The fourth-order valence-corrected chi connectivity index (χ4v) is 4.05. The lowest BCUT2D eigenvalue weighted by molar-refractivity contribution is 0.426. The van der Waals surface area contributed by atoms with Crippen LogP contribution in [0.4, 0.5) is 4.39 Å². The van der Waals surface area contributed by atoms with E-state index >= 15 is 0 Å². The maximum absolute atomic E-state index is 13.5. The molecule has 0 aromatic rings. The Morgan fingerprint density at radius 1 is 1.69 bits per heavy atom. The molecule has 0 spiro atoms. The average Bonchev–Trinajstić information content (AvgIpc) is 2.90. The fourth-order valence-electron chi connectivity index (χ4n) is 2.17. The van der Waals surface area contributed by atoms with Crippen molar-refractivity contribution in [3.63, 3.8) is 0 Å². The van der Waals surface area contributed by atoms with Crippen LogP contribution < -0.4 is 5.73 Å². The Morgan fingerprint density at radius 3 is 3.00 bits per heavy atom. The van der Waals surface area contributed by atoms with Crippen LogP contribution in [0.5, 0.6) is 0 Å². The van der Waals surface area contributed by atoms with Crippen LogP contribution in [0.2, 0.25) is 0 Å². The largest absolute Gasteiger partial charge is 0.327 e. The Kier molecular flexibility index (Phi) is 2.57. The van der Waals surface area contributed by atoms with Crippen LogP contribution in [0, 0.1) is 17.8 Å². The van der Waals surface area contributed by atoms with E-state index in [1.165, 1.54) is 0 Å². The molecule has 1 nitrogen and oxygen atoms in total. The Bertz CT molecular complexity index is 264. The van der Waals surface area contributed by atoms with Gasteiger partial charge in [-0.15, -0.1) is 20.7 Å². The van der Waals surface area contributed by atoms with E-state index in [1.807, 2.05) is 6.08 Å². The Labute approximate surface area is 88.3 Å². The second-order valence-corrected chi connectivity index (χ2v) is 6.41. The number of hydrogen-bond donors (Lipinski definition) is 1. The Balaban J connectivity index is 2.26. The van der Waals surface area contributed by atoms with Gasteiger partial charge in [0.15, 0.2) is 0 Å². The van der Waals surface area contributed by atoms with E-state index in [1.54, 1.807) is 0 Å². The predicted octanol–water partition coefficient (Wildman–Crippen LogP) is 2.22. The first-order chi connectivity index (χ1) is 6.15. The SMILES string of the molecule is C=I[C@@H]1C=C(F)[C@@H]2CC2C(N)C1C. The summed E-state index contributed by atoms with van der Waals surface area (Å²) in [5.41, 5.74) is 6.08. The maximum atomic E-state index is 13.5. The fraction of sp³-hybridized carbons (Fsp3) is 0.700. The smallest absolute Gasteiger partial charge is 0.100 e. The molecule has 2 rings (SSSR count). The molecule has 0 saturated heterocycles. The van der Waals surface area contributed by atoms with E-state index in [4.69, 9.17) is 5.73 Å². The third-order valence-electron chi connectivity index (χ3n) is 3.29. The molecule has 0 amide bonds. The summed E-state index contributed by atoms with van der Waals surface area (Å²) in [6.45, 7) is 2.14. The minimum atomic E-state index is -0.171. The van der Waals surface area contributed by atoms with Gasteiger partial charge in [0.25, 0.3) is 0 Å². The summed E-state index contributed by atoms with van der Waals surface area (Å²) in [5, 5.41) is 0. The van der Waals surface area contributed by atoms with Gasteiger partial charge in [-0.2, -0.15) is 0 Å². The number of rotatable bonds is 1. The molecule has 74 valence electrons. The number of halogens is 2. The molecule has 1 saturated carbocycles. The van der Waals surface area contributed by atoms with E-state index < -0.39 is 0 Å². The molecule has 0 aliphatic heterocycles. The Morgan fingerprint density at radius 2 is 2.38 bits per heavy atom. The van der Waals surface area contributed by atoms with Gasteiger partial charge < -0.3 is 5.73 Å². The molecule has 2 aliphatic carbocycles. The molecular weight excluding hydrogens is 280 g/mol. The molecule has 0 radical (unpaired) electrons. The van der Waals surface area contributed by atoms with Gasteiger partial charge in [0.2, 0.25) is 0 Å². The van der Waals surface area contributed by atoms with Crippen LogP contribution in [0.1, 0.15) is 13.3 Å². The molecule has 1 fully saturated rings. The van der Waals surface area contributed by atoms with Crippen molar-refractivity contribution in [1.29, 1.82) is 0 Å². The lowest BCUT2D eigenvalue weighted by Gasteiger charge is -2.22. The molecule has 0 aromatic heterocycles. The van der Waals surface area contributed by atoms with Gasteiger partial charge >= 0.3 is 0 Å². The van der Waals surface area contributed by atoms with E-state index in [-0.39, 0.29) is 38.5 Å². The summed E-state index contributed by atoms with van der Waals surface area (Å²) >= 11 is -0.171. The van der Waals surface area contributed by atoms with E-state index in [9.17, 15) is 4.39 Å². The second kappa shape index (κ2) is 3.42. The van der Waals surface area contributed by atoms with Gasteiger partial charge in [-0.05, 0) is 24.3 Å². The molecule has 13 heavy (non-hydrogen) atoms. The zero-order valence-corrected chi connectivity index (χ0v) is 9.87. The normalized spacial score (nSPS) is 49.2. The average molecular weight is 295 g/mol. The van der Waals surface area contributed by atoms with Gasteiger partial charge in [0.1, 0.15) is 5.83 Å². The summed E-state index contributed by atoms with van der Waals surface area (Å²) in [4.78, 5) is 0. The van der Waals surface area contributed by atoms with Crippen molar-refractivity contribution in [2.45, 2.75) is 23.3 Å². The van der Waals surface area contributed by atoms with Crippen LogP contribution in [-0.4, -0.2) is 14.5 Å². The topological polar surface area (TPSA) is 26.0 Å². The van der Waals surface area contributed by atoms with Gasteiger partial charge in [0, 0.05) is 15.9 Å². The molecule has 0 heterocycles. The lowest BCUT2D eigenvalue weighted by Crippen LogP contribution is -2.34. The predicted molar refractivity (Wildman–Crippen MR) is 62.9 cm³/mol. The van der Waals surface area contributed by atoms with Gasteiger partial charge in [-0.3, -0.25) is 0 Å². The Hall–Kier alpha value is 0.230. The summed E-state index contributed by atoms with van der Waals surface area (Å²) in [5.74, 6) is 1.11. The van der Waals surface area contributed by atoms with Crippen molar-refractivity contribution < 1.29 is 4.39 Å². The monoisotopic (exact) mass is 295 g/mol. The third-order valence-corrected chi connectivity index (χ3v) is 5.81. The van der Waals surface area contributed by atoms with Gasteiger partial charge in [0.05, 0.1) is 0 Å². The highest BCUT2D eigenvalue weighted by Gasteiger charge is 2.49. The molecular formula is C10H15FIN. The number of fused-ring (bicyclic) bond motifs is 1. The first-order valence-corrected chi connectivity index (χ1v) is 7.42. The highest BCUT2D eigenvalue weighted by atomic mass is 127. The highest BCUT2D eigenvalue weighted by Crippen LogP contribution is 2.51. The van der Waals surface area contributed by atoms with Crippen molar-refractivity contribution in [1.82, 2.24) is 0 Å². The van der Waals surface area contributed by atoms with Crippen LogP contribution in [0.25, 0.3) is 0 Å². The first-order valence-electron chi connectivity index (χ1n) is 4.65. The zero-order valence-electron chi connectivity index (χ0n) is 7.71. The lowest BCUT2D eigenvalue weighted by atomic mass is 9.96. The summed E-state index contributed by atoms with van der Waals surface area (Å²) in [6.07, 6.45) is 2.78. The van der Waals surface area contributed by atoms with Crippen LogP contribution in [0.3, 0.4) is 0 Å². The van der Waals surface area contributed by atoms with E-state index in [2.05, 4.69) is 11.4 Å². The van der Waals surface area contributed by atoms with Crippen molar-refractivity contribution >= 4 is 25.2 Å². The van der Waals surface area contributed by atoms with Crippen LogP contribution >= 0.6 is 20.7 Å². The van der Waals surface area contributed by atoms with E-state index in [0.29, 0.717) is 15.8 Å². The number of alkyl halides is 1. The molecule has 0 aromatic carbocycles. The van der Waals surface area contributed by atoms with Crippen molar-refractivity contribution in [2.24, 2.45) is 23.5 Å². The molecule has 3 unspecified atom stereocenters. The van der Waals surface area contributed by atoms with Crippen molar-refractivity contribution in [3.05, 3.63) is 11.9 Å². The molecule has 2 aliphatic rings. The number of hydrogen-bond acceptors (Lipinski definition) is 1. The maximum Gasteiger partial charge on any atom is 0.100 e. The van der Waals surface area contributed by atoms with Gasteiger partial charge in [-0.1, -0.05) is 11.4 Å². The first kappa shape index (κ1) is 9.77. The minimum absolute atomic E-state index is 0.0955. The van der Waals surface area contributed by atoms with Crippen LogP contribution in [0.15, 0.2) is 11.9 Å². The third kappa shape index (κ3) is 1.61. The standard InChI is InChI=1S/C10H15FIN/c1-5-9(12-2)4-8(11)6-3-7(6)10(5)13/h4-7,9-10H,2-3,13H2,1H3/t5?,6-,7?,9-,10?/m1/s1. The molecule has 2 N–H and O–H groups in total. The minimum Gasteiger partial charge on any atom is -0.327 e. The van der Waals surface area contributed by atoms with Gasteiger partial charge in [-0.25, -0.2) is 4.39 Å². The van der Waals surface area contributed by atoms with E-state index in [0.717, 1.165) is 6.42 Å². The second-order valence-electron chi connectivity index (χ2n) is 4.09. The van der Waals surface area contributed by atoms with Crippen molar-refractivity contribution in [2.75, 3.05) is 0 Å². The zero-order chi connectivity index (χ0) is 9.59. The number of nitrogens with two attached hydrogens (primary N) is 1. The number of allylic oxidation sites excluding steroid dienone is 2. The summed E-state index contributed by atoms with van der Waals surface area (Å²) in [6, 6.07) is 0.195. The summed E-state index contributed by atoms with van der Waals surface area (Å²) < 4.78 is 17.8. The summed E-state index contributed by atoms with van der Waals surface area (Å²) in [7, 11) is 0.